The molecule has 0 bridgehead atoms. The molecule has 106 valence electrons. The Morgan fingerprint density at radius 1 is 1.47 bits per heavy atom. The number of halogens is 1. The smallest absolute Gasteiger partial charge is 0.233 e. The molecule has 1 amide bonds. The Balaban J connectivity index is 2.96. The summed E-state index contributed by atoms with van der Waals surface area (Å²) in [6.07, 6.45) is 0.984. The number of benzene rings is 1. The molecule has 0 saturated carbocycles. The maximum atomic E-state index is 11.6. The minimum absolute atomic E-state index is 0.0129. The standard InChI is InChI=1S/C14H22BrN3O/c1-3-8-18(10-14(19)17-2)13(9-16)11-6-4-5-7-12(11)15/h4-7,13H,3,8-10,16H2,1-2H3,(H,17,19). The second kappa shape index (κ2) is 8.30. The molecule has 0 heterocycles. The van der Waals surface area contributed by atoms with E-state index in [4.69, 9.17) is 5.73 Å². The third-order valence-electron chi connectivity index (χ3n) is 3.06. The maximum Gasteiger partial charge on any atom is 0.233 e. The minimum atomic E-state index is 0.0129. The molecule has 0 aromatic heterocycles. The zero-order valence-electron chi connectivity index (χ0n) is 11.5. The molecular weight excluding hydrogens is 306 g/mol. The SMILES string of the molecule is CCCN(CC(=O)NC)C(CN)c1ccccc1Br. The number of carbonyl (C=O) groups is 1. The number of carbonyl (C=O) groups excluding carboxylic acids is 1. The largest absolute Gasteiger partial charge is 0.358 e. The van der Waals surface area contributed by atoms with Gasteiger partial charge in [0, 0.05) is 24.1 Å². The van der Waals surface area contributed by atoms with Crippen molar-refractivity contribution in [2.24, 2.45) is 5.73 Å². The van der Waals surface area contributed by atoms with Gasteiger partial charge >= 0.3 is 0 Å². The van der Waals surface area contributed by atoms with Crippen LogP contribution in [0.15, 0.2) is 28.7 Å². The van der Waals surface area contributed by atoms with Crippen LogP contribution in [0.4, 0.5) is 0 Å². The predicted octanol–water partition coefficient (Wildman–Crippen LogP) is 1.91. The summed E-state index contributed by atoms with van der Waals surface area (Å²) in [4.78, 5) is 13.8. The van der Waals surface area contributed by atoms with Crippen LogP contribution in [-0.4, -0.2) is 37.5 Å². The van der Waals surface area contributed by atoms with Crippen molar-refractivity contribution in [1.29, 1.82) is 0 Å². The number of hydrogen-bond donors (Lipinski definition) is 2. The van der Waals surface area contributed by atoms with Gasteiger partial charge in [-0.2, -0.15) is 0 Å². The molecule has 0 aliphatic rings. The lowest BCUT2D eigenvalue weighted by atomic mass is 10.0. The molecule has 0 radical (unpaired) electrons. The first-order valence-corrected chi connectivity index (χ1v) is 7.32. The van der Waals surface area contributed by atoms with E-state index in [0.717, 1.165) is 23.0 Å². The van der Waals surface area contributed by atoms with Crippen molar-refractivity contribution >= 4 is 21.8 Å². The number of nitrogens with two attached hydrogens (primary N) is 1. The zero-order valence-corrected chi connectivity index (χ0v) is 13.1. The fourth-order valence-electron chi connectivity index (χ4n) is 2.11. The molecule has 5 heteroatoms. The molecule has 3 N–H and O–H groups in total. The van der Waals surface area contributed by atoms with Crippen molar-refractivity contribution in [2.45, 2.75) is 19.4 Å². The van der Waals surface area contributed by atoms with Crippen LogP contribution >= 0.6 is 15.9 Å². The number of nitrogens with one attached hydrogen (secondary N) is 1. The first-order valence-electron chi connectivity index (χ1n) is 6.53. The van der Waals surface area contributed by atoms with E-state index in [1.54, 1.807) is 7.05 Å². The number of amides is 1. The summed E-state index contributed by atoms with van der Waals surface area (Å²) in [5.41, 5.74) is 7.06. The normalized spacial score (nSPS) is 12.5. The molecular formula is C14H22BrN3O. The Labute approximate surface area is 123 Å². The van der Waals surface area contributed by atoms with Crippen LogP contribution in [0.5, 0.6) is 0 Å². The monoisotopic (exact) mass is 327 g/mol. The van der Waals surface area contributed by atoms with Gasteiger partial charge < -0.3 is 11.1 Å². The van der Waals surface area contributed by atoms with E-state index < -0.39 is 0 Å². The van der Waals surface area contributed by atoms with Crippen LogP contribution in [0.1, 0.15) is 24.9 Å². The van der Waals surface area contributed by atoms with Gasteiger partial charge in [-0.1, -0.05) is 41.1 Å². The van der Waals surface area contributed by atoms with Gasteiger partial charge in [-0.25, -0.2) is 0 Å². The van der Waals surface area contributed by atoms with E-state index in [0.29, 0.717) is 13.1 Å². The summed E-state index contributed by atoms with van der Waals surface area (Å²) in [5, 5.41) is 2.67. The van der Waals surface area contributed by atoms with Crippen LogP contribution in [-0.2, 0) is 4.79 Å². The van der Waals surface area contributed by atoms with E-state index in [2.05, 4.69) is 33.1 Å². The van der Waals surface area contributed by atoms with Gasteiger partial charge in [-0.15, -0.1) is 0 Å². The average Bonchev–Trinajstić information content (AvgIpc) is 2.41. The highest BCUT2D eigenvalue weighted by Gasteiger charge is 2.22. The molecule has 19 heavy (non-hydrogen) atoms. The lowest BCUT2D eigenvalue weighted by Crippen LogP contribution is -2.41. The van der Waals surface area contributed by atoms with E-state index >= 15 is 0 Å². The molecule has 1 unspecified atom stereocenters. The van der Waals surface area contributed by atoms with Crippen molar-refractivity contribution in [1.82, 2.24) is 10.2 Å². The fraction of sp³-hybridized carbons (Fsp3) is 0.500. The number of rotatable bonds is 7. The van der Waals surface area contributed by atoms with Crippen LogP contribution in [0.25, 0.3) is 0 Å². The molecule has 0 fully saturated rings. The van der Waals surface area contributed by atoms with E-state index in [-0.39, 0.29) is 11.9 Å². The van der Waals surface area contributed by atoms with Crippen LogP contribution < -0.4 is 11.1 Å². The summed E-state index contributed by atoms with van der Waals surface area (Å²) in [6.45, 7) is 3.80. The Morgan fingerprint density at radius 3 is 2.68 bits per heavy atom. The van der Waals surface area contributed by atoms with Gasteiger partial charge in [0.25, 0.3) is 0 Å². The quantitative estimate of drug-likeness (QED) is 0.804. The zero-order chi connectivity index (χ0) is 14.3. The maximum absolute atomic E-state index is 11.6. The third-order valence-corrected chi connectivity index (χ3v) is 3.79. The van der Waals surface area contributed by atoms with Gasteiger partial charge in [-0.3, -0.25) is 9.69 Å². The summed E-state index contributed by atoms with van der Waals surface area (Å²) >= 11 is 3.56. The third kappa shape index (κ3) is 4.60. The molecule has 0 saturated heterocycles. The Hall–Kier alpha value is -0.910. The highest BCUT2D eigenvalue weighted by Crippen LogP contribution is 2.27. The molecule has 4 nitrogen and oxygen atoms in total. The van der Waals surface area contributed by atoms with Gasteiger partial charge in [0.2, 0.25) is 5.91 Å². The highest BCUT2D eigenvalue weighted by molar-refractivity contribution is 9.10. The van der Waals surface area contributed by atoms with Crippen molar-refractivity contribution in [3.8, 4) is 0 Å². The van der Waals surface area contributed by atoms with Gasteiger partial charge in [0.15, 0.2) is 0 Å². The molecule has 1 rings (SSSR count). The molecule has 1 atom stereocenters. The summed E-state index contributed by atoms with van der Waals surface area (Å²) in [6, 6.07) is 8.07. The lowest BCUT2D eigenvalue weighted by Gasteiger charge is -2.30. The van der Waals surface area contributed by atoms with Gasteiger partial charge in [0.1, 0.15) is 0 Å². The van der Waals surface area contributed by atoms with Crippen LogP contribution in [0.2, 0.25) is 0 Å². The van der Waals surface area contributed by atoms with Gasteiger partial charge in [-0.05, 0) is 24.6 Å². The van der Waals surface area contributed by atoms with E-state index in [1.165, 1.54) is 0 Å². The first kappa shape index (κ1) is 16.1. The van der Waals surface area contributed by atoms with Crippen LogP contribution in [0.3, 0.4) is 0 Å². The topological polar surface area (TPSA) is 58.4 Å². The van der Waals surface area contributed by atoms with E-state index in [9.17, 15) is 4.79 Å². The summed E-state index contributed by atoms with van der Waals surface area (Å²) in [7, 11) is 1.66. The molecule has 0 aliphatic carbocycles. The fourth-order valence-corrected chi connectivity index (χ4v) is 2.66. The average molecular weight is 328 g/mol. The molecule has 0 aliphatic heterocycles. The Morgan fingerprint density at radius 2 is 2.16 bits per heavy atom. The summed E-state index contributed by atoms with van der Waals surface area (Å²) < 4.78 is 1.03. The predicted molar refractivity (Wildman–Crippen MR) is 81.9 cm³/mol. The number of hydrogen-bond acceptors (Lipinski definition) is 3. The van der Waals surface area contributed by atoms with E-state index in [1.807, 2.05) is 24.3 Å². The van der Waals surface area contributed by atoms with Crippen molar-refractivity contribution in [3.05, 3.63) is 34.3 Å². The molecule has 0 spiro atoms. The second-order valence-corrected chi connectivity index (χ2v) is 5.27. The van der Waals surface area contributed by atoms with Crippen LogP contribution in [0, 0.1) is 0 Å². The molecule has 1 aromatic rings. The lowest BCUT2D eigenvalue weighted by molar-refractivity contribution is -0.122. The Bertz CT molecular complexity index is 411. The summed E-state index contributed by atoms with van der Waals surface area (Å²) in [5.74, 6) is 0.0129. The van der Waals surface area contributed by atoms with Crippen molar-refractivity contribution in [2.75, 3.05) is 26.7 Å². The van der Waals surface area contributed by atoms with Crippen molar-refractivity contribution < 1.29 is 4.79 Å². The second-order valence-electron chi connectivity index (χ2n) is 4.42. The van der Waals surface area contributed by atoms with Gasteiger partial charge in [0.05, 0.1) is 6.54 Å². The molecule has 1 aromatic carbocycles. The minimum Gasteiger partial charge on any atom is -0.358 e. The number of likely N-dealkylation sites (N-methyl/N-ethyl adjacent to an activating group) is 1. The Kier molecular flexibility index (Phi) is 7.05. The first-order chi connectivity index (χ1) is 9.13. The van der Waals surface area contributed by atoms with Crippen molar-refractivity contribution in [3.63, 3.8) is 0 Å². The number of nitrogens with zero attached hydrogens (tertiary/aromatic N) is 1. The highest BCUT2D eigenvalue weighted by atomic mass is 79.9.